The van der Waals surface area contributed by atoms with Gasteiger partial charge in [-0.3, -0.25) is 0 Å². The molecule has 1 aliphatic rings. The van der Waals surface area contributed by atoms with Gasteiger partial charge in [0.25, 0.3) is 0 Å². The fourth-order valence-corrected chi connectivity index (χ4v) is 3.67. The van der Waals surface area contributed by atoms with Crippen LogP contribution in [0, 0.1) is 11.7 Å². The highest BCUT2D eigenvalue weighted by molar-refractivity contribution is 9.10. The third-order valence-electron chi connectivity index (χ3n) is 4.43. The molecule has 2 rings (SSSR count). The van der Waals surface area contributed by atoms with Crippen LogP contribution >= 0.6 is 15.9 Å². The van der Waals surface area contributed by atoms with E-state index in [1.807, 2.05) is 0 Å². The second-order valence-corrected chi connectivity index (χ2v) is 6.84. The van der Waals surface area contributed by atoms with Gasteiger partial charge in [-0.15, -0.1) is 0 Å². The van der Waals surface area contributed by atoms with Crippen LogP contribution in [0.2, 0.25) is 0 Å². The van der Waals surface area contributed by atoms with E-state index in [4.69, 9.17) is 4.74 Å². The van der Waals surface area contributed by atoms with Crippen molar-refractivity contribution >= 4 is 15.9 Å². The zero-order chi connectivity index (χ0) is 14.8. The number of benzene rings is 1. The third-order valence-corrected chi connectivity index (χ3v) is 4.92. The third kappa shape index (κ3) is 3.41. The average Bonchev–Trinajstić information content (AvgIpc) is 2.42. The van der Waals surface area contributed by atoms with Crippen molar-refractivity contribution in [1.82, 2.24) is 0 Å². The van der Waals surface area contributed by atoms with Gasteiger partial charge in [-0.1, -0.05) is 35.7 Å². The van der Waals surface area contributed by atoms with E-state index in [1.165, 1.54) is 12.5 Å². The Balaban J connectivity index is 2.16. The molecule has 0 bridgehead atoms. The number of aliphatic hydroxyl groups excluding tert-OH is 1. The molecule has 1 aromatic carbocycles. The van der Waals surface area contributed by atoms with Gasteiger partial charge >= 0.3 is 0 Å². The molecular formula is C16H22BrFO2. The van der Waals surface area contributed by atoms with E-state index in [0.717, 1.165) is 23.7 Å². The van der Waals surface area contributed by atoms with E-state index in [1.54, 1.807) is 19.2 Å². The molecule has 112 valence electrons. The Morgan fingerprint density at radius 2 is 2.30 bits per heavy atom. The summed E-state index contributed by atoms with van der Waals surface area (Å²) in [5, 5.41) is 10.6. The van der Waals surface area contributed by atoms with E-state index in [9.17, 15) is 9.50 Å². The molecule has 20 heavy (non-hydrogen) atoms. The van der Waals surface area contributed by atoms with E-state index in [-0.39, 0.29) is 12.2 Å². The lowest BCUT2D eigenvalue weighted by atomic mass is 9.74. The van der Waals surface area contributed by atoms with Crippen molar-refractivity contribution in [3.8, 4) is 0 Å². The number of halogens is 2. The molecule has 1 saturated carbocycles. The van der Waals surface area contributed by atoms with Crippen LogP contribution in [-0.2, 0) is 11.2 Å². The summed E-state index contributed by atoms with van der Waals surface area (Å²) in [6.07, 6.45) is 3.49. The topological polar surface area (TPSA) is 29.5 Å². The average molecular weight is 345 g/mol. The number of ether oxygens (including phenoxy) is 1. The van der Waals surface area contributed by atoms with Crippen LogP contribution in [0.15, 0.2) is 22.7 Å². The molecule has 0 radical (unpaired) electrons. The Hall–Kier alpha value is -0.450. The van der Waals surface area contributed by atoms with Crippen molar-refractivity contribution in [3.05, 3.63) is 34.1 Å². The van der Waals surface area contributed by atoms with Crippen molar-refractivity contribution in [1.29, 1.82) is 0 Å². The number of aliphatic hydroxyl groups is 1. The highest BCUT2D eigenvalue weighted by Gasteiger charge is 2.41. The molecule has 0 spiro atoms. The van der Waals surface area contributed by atoms with Gasteiger partial charge in [-0.25, -0.2) is 4.39 Å². The molecule has 0 aliphatic heterocycles. The summed E-state index contributed by atoms with van der Waals surface area (Å²) < 4.78 is 20.3. The Morgan fingerprint density at radius 1 is 1.55 bits per heavy atom. The predicted molar refractivity (Wildman–Crippen MR) is 81.2 cm³/mol. The van der Waals surface area contributed by atoms with E-state index >= 15 is 0 Å². The van der Waals surface area contributed by atoms with Crippen molar-refractivity contribution in [2.24, 2.45) is 5.92 Å². The van der Waals surface area contributed by atoms with Crippen LogP contribution in [-0.4, -0.2) is 23.9 Å². The maximum atomic E-state index is 13.8. The van der Waals surface area contributed by atoms with Crippen LogP contribution in [0.4, 0.5) is 4.39 Å². The molecule has 1 N–H and O–H groups in total. The van der Waals surface area contributed by atoms with E-state index < -0.39 is 11.7 Å². The molecule has 0 saturated heterocycles. The Labute approximate surface area is 128 Å². The van der Waals surface area contributed by atoms with Crippen LogP contribution in [0.1, 0.15) is 38.2 Å². The van der Waals surface area contributed by atoms with Crippen LogP contribution in [0.3, 0.4) is 0 Å². The van der Waals surface area contributed by atoms with Crippen molar-refractivity contribution < 1.29 is 14.2 Å². The van der Waals surface area contributed by atoms with Gasteiger partial charge in [0.05, 0.1) is 11.7 Å². The fourth-order valence-electron chi connectivity index (χ4n) is 3.26. The maximum Gasteiger partial charge on any atom is 0.126 e. The van der Waals surface area contributed by atoms with Gasteiger partial charge in [-0.2, -0.15) is 0 Å². The Morgan fingerprint density at radius 3 is 2.95 bits per heavy atom. The fraction of sp³-hybridized carbons (Fsp3) is 0.625. The van der Waals surface area contributed by atoms with E-state index in [2.05, 4.69) is 22.9 Å². The summed E-state index contributed by atoms with van der Waals surface area (Å²) in [5.74, 6) is 0.257. The van der Waals surface area contributed by atoms with Crippen LogP contribution in [0.25, 0.3) is 0 Å². The second kappa shape index (κ2) is 6.54. The summed E-state index contributed by atoms with van der Waals surface area (Å²) >= 11 is 3.34. The number of hydrogen-bond acceptors (Lipinski definition) is 2. The first-order valence-electron chi connectivity index (χ1n) is 7.14. The maximum absolute atomic E-state index is 13.8. The highest BCUT2D eigenvalue weighted by Crippen LogP contribution is 2.38. The first-order valence-corrected chi connectivity index (χ1v) is 7.93. The van der Waals surface area contributed by atoms with Gasteiger partial charge in [-0.05, 0) is 42.5 Å². The number of hydrogen-bond donors (Lipinski definition) is 1. The molecule has 2 nitrogen and oxygen atoms in total. The van der Waals surface area contributed by atoms with Crippen molar-refractivity contribution in [3.63, 3.8) is 0 Å². The normalized spacial score (nSPS) is 28.4. The molecule has 1 aromatic rings. The molecule has 3 atom stereocenters. The summed E-state index contributed by atoms with van der Waals surface area (Å²) in [7, 11) is 1.65. The molecule has 1 aliphatic carbocycles. The summed E-state index contributed by atoms with van der Waals surface area (Å²) in [4.78, 5) is 0. The zero-order valence-corrected chi connectivity index (χ0v) is 13.6. The highest BCUT2D eigenvalue weighted by atomic mass is 79.9. The molecule has 0 aromatic heterocycles. The molecule has 1 fully saturated rings. The molecule has 3 unspecified atom stereocenters. The van der Waals surface area contributed by atoms with Crippen LogP contribution in [0.5, 0.6) is 0 Å². The van der Waals surface area contributed by atoms with Gasteiger partial charge in [0.15, 0.2) is 0 Å². The summed E-state index contributed by atoms with van der Waals surface area (Å²) in [6.45, 7) is 2.18. The number of rotatable bonds is 4. The number of methoxy groups -OCH3 is 1. The molecular weight excluding hydrogens is 323 g/mol. The van der Waals surface area contributed by atoms with Crippen molar-refractivity contribution in [2.75, 3.05) is 7.11 Å². The van der Waals surface area contributed by atoms with Crippen molar-refractivity contribution in [2.45, 2.75) is 50.7 Å². The van der Waals surface area contributed by atoms with Gasteiger partial charge < -0.3 is 9.84 Å². The summed E-state index contributed by atoms with van der Waals surface area (Å²) in [5.41, 5.74) is -0.00610. The standard InChI is InChI=1S/C16H22BrFO2/c1-11-4-3-7-16(10-11,20-2)15(19)9-12-8-13(17)5-6-14(12)18/h5-6,8,11,15,19H,3-4,7,9-10H2,1-2H3. The zero-order valence-electron chi connectivity index (χ0n) is 12.0. The largest absolute Gasteiger partial charge is 0.390 e. The minimum Gasteiger partial charge on any atom is -0.390 e. The Kier molecular flexibility index (Phi) is 5.21. The van der Waals surface area contributed by atoms with E-state index in [0.29, 0.717) is 11.5 Å². The van der Waals surface area contributed by atoms with Gasteiger partial charge in [0.1, 0.15) is 5.82 Å². The lowest BCUT2D eigenvalue weighted by Crippen LogP contribution is -2.48. The second-order valence-electron chi connectivity index (χ2n) is 5.93. The monoisotopic (exact) mass is 344 g/mol. The van der Waals surface area contributed by atoms with Gasteiger partial charge in [0, 0.05) is 18.0 Å². The lowest BCUT2D eigenvalue weighted by Gasteiger charge is -2.42. The quantitative estimate of drug-likeness (QED) is 0.891. The minimum atomic E-state index is -0.681. The first-order chi connectivity index (χ1) is 9.47. The van der Waals surface area contributed by atoms with Crippen LogP contribution < -0.4 is 0 Å². The minimum absolute atomic E-state index is 0.276. The summed E-state index contributed by atoms with van der Waals surface area (Å²) in [6, 6.07) is 4.82. The molecule has 4 heteroatoms. The predicted octanol–water partition coefficient (Wildman–Crippen LogP) is 4.09. The lowest BCUT2D eigenvalue weighted by molar-refractivity contribution is -0.131. The molecule has 0 amide bonds. The van der Waals surface area contributed by atoms with Gasteiger partial charge in [0.2, 0.25) is 0 Å². The first kappa shape index (κ1) is 15.9. The molecule has 0 heterocycles. The SMILES string of the molecule is COC1(C(O)Cc2cc(Br)ccc2F)CCCC(C)C1. The Bertz CT molecular complexity index is 466. The smallest absolute Gasteiger partial charge is 0.126 e.